The fraction of sp³-hybridized carbons (Fsp3) is 0.179. The van der Waals surface area contributed by atoms with Gasteiger partial charge in [-0.25, -0.2) is 9.59 Å². The molecule has 0 saturated carbocycles. The van der Waals surface area contributed by atoms with Crippen LogP contribution >= 0.6 is 0 Å². The monoisotopic (exact) mass is 471 g/mol. The molecule has 0 bridgehead atoms. The molecule has 35 heavy (non-hydrogen) atoms. The van der Waals surface area contributed by atoms with E-state index in [-0.39, 0.29) is 6.42 Å². The first-order valence-corrected chi connectivity index (χ1v) is 11.2. The molecule has 4 aromatic rings. The Labute approximate surface area is 202 Å². The van der Waals surface area contributed by atoms with Crippen LogP contribution in [-0.4, -0.2) is 31.1 Å². The van der Waals surface area contributed by atoms with Gasteiger partial charge in [0.15, 0.2) is 6.10 Å². The minimum atomic E-state index is -0.917. The molecule has 7 heteroatoms. The van der Waals surface area contributed by atoms with E-state index in [0.29, 0.717) is 11.3 Å². The third-order valence-electron chi connectivity index (χ3n) is 5.57. The lowest BCUT2D eigenvalue weighted by atomic mass is 10.0. The van der Waals surface area contributed by atoms with E-state index in [1.807, 2.05) is 60.7 Å². The molecule has 0 unspecified atom stereocenters. The average Bonchev–Trinajstić information content (AvgIpc) is 2.88. The van der Waals surface area contributed by atoms with Crippen LogP contribution in [0.1, 0.15) is 12.5 Å². The Balaban J connectivity index is 1.51. The Hall–Kier alpha value is -4.39. The van der Waals surface area contributed by atoms with Gasteiger partial charge in [-0.2, -0.15) is 0 Å². The molecule has 0 spiro atoms. The third-order valence-corrected chi connectivity index (χ3v) is 5.57. The number of methoxy groups -OCH3 is 1. The molecule has 1 heterocycles. The van der Waals surface area contributed by atoms with Gasteiger partial charge in [-0.15, -0.1) is 0 Å². The van der Waals surface area contributed by atoms with Crippen molar-refractivity contribution in [2.24, 2.45) is 0 Å². The van der Waals surface area contributed by atoms with Gasteiger partial charge in [-0.3, -0.25) is 4.79 Å². The molecule has 0 aliphatic carbocycles. The first kappa shape index (κ1) is 23.8. The van der Waals surface area contributed by atoms with Crippen molar-refractivity contribution < 1.29 is 23.5 Å². The summed E-state index contributed by atoms with van der Waals surface area (Å²) < 4.78 is 16.0. The van der Waals surface area contributed by atoms with Gasteiger partial charge in [0.2, 0.25) is 0 Å². The molecule has 0 fully saturated rings. The van der Waals surface area contributed by atoms with Crippen molar-refractivity contribution in [2.45, 2.75) is 25.5 Å². The summed E-state index contributed by atoms with van der Waals surface area (Å²) in [6.07, 6.45) is -0.630. The van der Waals surface area contributed by atoms with Crippen LogP contribution in [0.4, 0.5) is 0 Å². The lowest BCUT2D eigenvalue weighted by Gasteiger charge is -2.20. The summed E-state index contributed by atoms with van der Waals surface area (Å²) in [7, 11) is 1.28. The second-order valence-electron chi connectivity index (χ2n) is 8.04. The van der Waals surface area contributed by atoms with Crippen molar-refractivity contribution in [2.75, 3.05) is 7.11 Å². The van der Waals surface area contributed by atoms with Crippen LogP contribution in [0, 0.1) is 0 Å². The maximum atomic E-state index is 12.8. The van der Waals surface area contributed by atoms with Gasteiger partial charge >= 0.3 is 11.6 Å². The number of amides is 1. The minimum Gasteiger partial charge on any atom is -0.481 e. The van der Waals surface area contributed by atoms with Gasteiger partial charge in [0.25, 0.3) is 5.91 Å². The first-order chi connectivity index (χ1) is 16.9. The SMILES string of the molecule is COC(=O)[C@H](Cc1ccccc1)NC(=O)[C@@H](C)Oc1ccc2c(-c3ccccc3)cc(=O)oc2c1. The number of carbonyl (C=O) groups is 2. The molecular formula is C28H25NO6. The predicted octanol–water partition coefficient (Wildman–Crippen LogP) is 4.13. The van der Waals surface area contributed by atoms with Gasteiger partial charge in [-0.05, 0) is 35.7 Å². The predicted molar refractivity (Wildman–Crippen MR) is 132 cm³/mol. The zero-order valence-electron chi connectivity index (χ0n) is 19.4. The Bertz CT molecular complexity index is 1380. The standard InChI is InChI=1S/C28H25NO6/c1-18(27(31)29-24(28(32)33-2)15-19-9-5-3-6-10-19)34-21-13-14-22-23(20-11-7-4-8-12-20)17-26(30)35-25(22)16-21/h3-14,16-18,24H,15H2,1-2H3,(H,29,31)/t18-,24+/m1/s1. The Morgan fingerprint density at radius 2 is 1.63 bits per heavy atom. The van der Waals surface area contributed by atoms with Crippen molar-refractivity contribution in [1.29, 1.82) is 0 Å². The van der Waals surface area contributed by atoms with Crippen LogP contribution in [0.3, 0.4) is 0 Å². The van der Waals surface area contributed by atoms with Gasteiger partial charge in [0, 0.05) is 23.9 Å². The van der Waals surface area contributed by atoms with E-state index >= 15 is 0 Å². The lowest BCUT2D eigenvalue weighted by Crippen LogP contribution is -2.47. The topological polar surface area (TPSA) is 94.8 Å². The zero-order chi connectivity index (χ0) is 24.8. The summed E-state index contributed by atoms with van der Waals surface area (Å²) in [6, 6.07) is 24.5. The van der Waals surface area contributed by atoms with Crippen LogP contribution in [0.2, 0.25) is 0 Å². The normalized spacial score (nSPS) is 12.5. The van der Waals surface area contributed by atoms with Crippen LogP contribution in [0.25, 0.3) is 22.1 Å². The summed E-state index contributed by atoms with van der Waals surface area (Å²) in [6.45, 7) is 1.58. The number of ether oxygens (including phenoxy) is 2. The fourth-order valence-corrected chi connectivity index (χ4v) is 3.80. The van der Waals surface area contributed by atoms with E-state index in [2.05, 4.69) is 5.32 Å². The minimum absolute atomic E-state index is 0.287. The highest BCUT2D eigenvalue weighted by Crippen LogP contribution is 2.29. The number of esters is 1. The van der Waals surface area contributed by atoms with Crippen molar-refractivity contribution in [3.63, 3.8) is 0 Å². The number of rotatable bonds is 8. The molecule has 2 atom stereocenters. The van der Waals surface area contributed by atoms with Crippen molar-refractivity contribution in [3.05, 3.63) is 101 Å². The molecule has 1 N–H and O–H groups in total. The van der Waals surface area contributed by atoms with E-state index < -0.39 is 29.6 Å². The van der Waals surface area contributed by atoms with Gasteiger partial charge in [0.05, 0.1) is 7.11 Å². The summed E-state index contributed by atoms with van der Waals surface area (Å²) in [5, 5.41) is 3.45. The van der Waals surface area contributed by atoms with Gasteiger partial charge < -0.3 is 19.2 Å². The van der Waals surface area contributed by atoms with E-state index in [4.69, 9.17) is 13.9 Å². The third kappa shape index (κ3) is 5.76. The number of hydrogen-bond donors (Lipinski definition) is 1. The van der Waals surface area contributed by atoms with E-state index in [1.165, 1.54) is 13.2 Å². The molecule has 4 rings (SSSR count). The summed E-state index contributed by atoms with van der Waals surface area (Å²) in [5.41, 5.74) is 2.38. The molecule has 7 nitrogen and oxygen atoms in total. The van der Waals surface area contributed by atoms with Crippen LogP contribution < -0.4 is 15.7 Å². The highest BCUT2D eigenvalue weighted by molar-refractivity contribution is 5.94. The van der Waals surface area contributed by atoms with E-state index in [9.17, 15) is 14.4 Å². The number of benzene rings is 3. The molecule has 0 aliphatic rings. The maximum absolute atomic E-state index is 12.8. The maximum Gasteiger partial charge on any atom is 0.336 e. The van der Waals surface area contributed by atoms with Crippen LogP contribution in [-0.2, 0) is 20.7 Å². The number of carbonyl (C=O) groups excluding carboxylic acids is 2. The Kier molecular flexibility index (Phi) is 7.26. The molecule has 0 aliphatic heterocycles. The molecule has 0 saturated heterocycles. The molecule has 1 aromatic heterocycles. The highest BCUT2D eigenvalue weighted by atomic mass is 16.5. The van der Waals surface area contributed by atoms with Crippen molar-refractivity contribution in [3.8, 4) is 16.9 Å². The molecular weight excluding hydrogens is 446 g/mol. The number of hydrogen-bond acceptors (Lipinski definition) is 6. The van der Waals surface area contributed by atoms with E-state index in [1.54, 1.807) is 25.1 Å². The zero-order valence-corrected chi connectivity index (χ0v) is 19.4. The first-order valence-electron chi connectivity index (χ1n) is 11.2. The van der Waals surface area contributed by atoms with Crippen LogP contribution in [0.5, 0.6) is 5.75 Å². The van der Waals surface area contributed by atoms with Crippen LogP contribution in [0.15, 0.2) is 94.1 Å². The second-order valence-corrected chi connectivity index (χ2v) is 8.04. The Morgan fingerprint density at radius 1 is 0.943 bits per heavy atom. The van der Waals surface area contributed by atoms with E-state index in [0.717, 1.165) is 22.1 Å². The summed E-state index contributed by atoms with van der Waals surface area (Å²) in [4.78, 5) is 37.2. The number of nitrogens with one attached hydrogen (secondary N) is 1. The molecule has 1 amide bonds. The smallest absolute Gasteiger partial charge is 0.336 e. The Morgan fingerprint density at radius 3 is 2.31 bits per heavy atom. The highest BCUT2D eigenvalue weighted by Gasteiger charge is 2.25. The summed E-state index contributed by atoms with van der Waals surface area (Å²) >= 11 is 0. The fourth-order valence-electron chi connectivity index (χ4n) is 3.80. The lowest BCUT2D eigenvalue weighted by molar-refractivity contribution is -0.145. The quantitative estimate of drug-likeness (QED) is 0.307. The second kappa shape index (κ2) is 10.7. The molecule has 178 valence electrons. The largest absolute Gasteiger partial charge is 0.481 e. The summed E-state index contributed by atoms with van der Waals surface area (Å²) in [5.74, 6) is -0.669. The number of fused-ring (bicyclic) bond motifs is 1. The average molecular weight is 472 g/mol. The van der Waals surface area contributed by atoms with Crippen molar-refractivity contribution >= 4 is 22.8 Å². The molecule has 3 aromatic carbocycles. The van der Waals surface area contributed by atoms with Gasteiger partial charge in [0.1, 0.15) is 17.4 Å². The van der Waals surface area contributed by atoms with Crippen molar-refractivity contribution in [1.82, 2.24) is 5.32 Å². The van der Waals surface area contributed by atoms with Gasteiger partial charge in [-0.1, -0.05) is 60.7 Å². The molecule has 0 radical (unpaired) electrons.